The average molecular weight is 242 g/mol. The zero-order chi connectivity index (χ0) is 10.8. The number of nitrogens with zero attached hydrogens (tertiary/aromatic N) is 2. The summed E-state index contributed by atoms with van der Waals surface area (Å²) in [5.41, 5.74) is 6.88. The van der Waals surface area contributed by atoms with E-state index in [1.54, 1.807) is 23.9 Å². The molecule has 0 fully saturated rings. The van der Waals surface area contributed by atoms with E-state index in [0.717, 1.165) is 16.6 Å². The highest BCUT2D eigenvalue weighted by molar-refractivity contribution is 7.16. The van der Waals surface area contributed by atoms with Crippen LogP contribution in [0.4, 0.5) is 0 Å². The molecule has 15 heavy (non-hydrogen) atoms. The lowest BCUT2D eigenvalue weighted by Crippen LogP contribution is -2.11. The van der Waals surface area contributed by atoms with Crippen LogP contribution in [0.2, 0.25) is 4.34 Å². The molecule has 0 aliphatic heterocycles. The van der Waals surface area contributed by atoms with Gasteiger partial charge in [0.25, 0.3) is 0 Å². The van der Waals surface area contributed by atoms with Gasteiger partial charge in [-0.2, -0.15) is 0 Å². The molecule has 2 aromatic rings. The van der Waals surface area contributed by atoms with Crippen molar-refractivity contribution in [2.45, 2.75) is 19.5 Å². The summed E-state index contributed by atoms with van der Waals surface area (Å²) in [6.45, 7) is 2.74. The monoisotopic (exact) mass is 241 g/mol. The van der Waals surface area contributed by atoms with Crippen molar-refractivity contribution in [3.63, 3.8) is 0 Å². The Kier molecular flexibility index (Phi) is 3.09. The third-order valence-corrected chi connectivity index (χ3v) is 3.38. The lowest BCUT2D eigenvalue weighted by Gasteiger charge is -2.09. The normalized spacial score (nSPS) is 13.0. The van der Waals surface area contributed by atoms with Crippen LogP contribution in [-0.2, 0) is 6.54 Å². The van der Waals surface area contributed by atoms with Crippen LogP contribution < -0.4 is 5.73 Å². The van der Waals surface area contributed by atoms with Crippen LogP contribution in [0.3, 0.4) is 0 Å². The maximum absolute atomic E-state index is 5.87. The minimum absolute atomic E-state index is 0.00272. The first-order valence-electron chi connectivity index (χ1n) is 4.66. The molecule has 0 bridgehead atoms. The first-order chi connectivity index (χ1) is 7.16. The van der Waals surface area contributed by atoms with Crippen molar-refractivity contribution in [1.82, 2.24) is 9.55 Å². The largest absolute Gasteiger partial charge is 0.328 e. The van der Waals surface area contributed by atoms with Gasteiger partial charge in [0.2, 0.25) is 0 Å². The minimum atomic E-state index is 0.00272. The Bertz CT molecular complexity index is 447. The summed E-state index contributed by atoms with van der Waals surface area (Å²) in [6, 6.07) is 3.94. The van der Waals surface area contributed by atoms with Crippen LogP contribution >= 0.6 is 22.9 Å². The van der Waals surface area contributed by atoms with Gasteiger partial charge < -0.3 is 10.3 Å². The SMILES string of the molecule is CC(N)c1cncn1Cc1ccc(Cl)s1. The van der Waals surface area contributed by atoms with Gasteiger partial charge in [0.1, 0.15) is 0 Å². The molecule has 2 aromatic heterocycles. The van der Waals surface area contributed by atoms with Crippen molar-refractivity contribution in [3.05, 3.63) is 39.6 Å². The fourth-order valence-electron chi connectivity index (χ4n) is 1.45. The Morgan fingerprint density at radius 1 is 1.60 bits per heavy atom. The summed E-state index contributed by atoms with van der Waals surface area (Å²) < 4.78 is 2.86. The molecule has 5 heteroatoms. The summed E-state index contributed by atoms with van der Waals surface area (Å²) in [5.74, 6) is 0. The lowest BCUT2D eigenvalue weighted by molar-refractivity contribution is 0.679. The Morgan fingerprint density at radius 3 is 3.00 bits per heavy atom. The molecular weight excluding hydrogens is 230 g/mol. The van der Waals surface area contributed by atoms with Crippen molar-refractivity contribution < 1.29 is 0 Å². The molecule has 0 aromatic carbocycles. The molecule has 3 nitrogen and oxygen atoms in total. The van der Waals surface area contributed by atoms with Gasteiger partial charge in [-0.05, 0) is 19.1 Å². The molecule has 0 spiro atoms. The van der Waals surface area contributed by atoms with Gasteiger partial charge >= 0.3 is 0 Å². The highest BCUT2D eigenvalue weighted by atomic mass is 35.5. The molecule has 2 N–H and O–H groups in total. The van der Waals surface area contributed by atoms with Crippen molar-refractivity contribution in [2.24, 2.45) is 5.73 Å². The number of halogens is 1. The van der Waals surface area contributed by atoms with Gasteiger partial charge in [0.05, 0.1) is 22.9 Å². The number of hydrogen-bond donors (Lipinski definition) is 1. The fourth-order valence-corrected chi connectivity index (χ4v) is 2.53. The summed E-state index contributed by atoms with van der Waals surface area (Å²) in [7, 11) is 0. The number of imidazole rings is 1. The Balaban J connectivity index is 2.20. The first kappa shape index (κ1) is 10.7. The Morgan fingerprint density at radius 2 is 2.40 bits per heavy atom. The molecule has 0 aliphatic carbocycles. The van der Waals surface area contributed by atoms with Crippen LogP contribution in [0.1, 0.15) is 23.5 Å². The van der Waals surface area contributed by atoms with Crippen LogP contribution in [0.15, 0.2) is 24.7 Å². The smallest absolute Gasteiger partial charge is 0.0952 e. The number of rotatable bonds is 3. The van der Waals surface area contributed by atoms with Gasteiger partial charge in [0.15, 0.2) is 0 Å². The quantitative estimate of drug-likeness (QED) is 0.898. The molecule has 0 saturated carbocycles. The van der Waals surface area contributed by atoms with Crippen molar-refractivity contribution in [3.8, 4) is 0 Å². The molecule has 0 radical (unpaired) electrons. The summed E-state index contributed by atoms with van der Waals surface area (Å²) in [4.78, 5) is 5.31. The third kappa shape index (κ3) is 2.40. The second-order valence-corrected chi connectivity index (χ2v) is 5.24. The van der Waals surface area contributed by atoms with Crippen molar-refractivity contribution in [2.75, 3.05) is 0 Å². The van der Waals surface area contributed by atoms with Gasteiger partial charge in [-0.3, -0.25) is 0 Å². The highest BCUT2D eigenvalue weighted by Crippen LogP contribution is 2.23. The van der Waals surface area contributed by atoms with E-state index < -0.39 is 0 Å². The second kappa shape index (κ2) is 4.35. The maximum atomic E-state index is 5.87. The van der Waals surface area contributed by atoms with E-state index in [1.165, 1.54) is 4.88 Å². The van der Waals surface area contributed by atoms with Gasteiger partial charge in [-0.25, -0.2) is 4.98 Å². The van der Waals surface area contributed by atoms with Crippen LogP contribution in [0.5, 0.6) is 0 Å². The zero-order valence-electron chi connectivity index (χ0n) is 8.35. The van der Waals surface area contributed by atoms with Crippen LogP contribution in [0, 0.1) is 0 Å². The molecule has 2 rings (SSSR count). The van der Waals surface area contributed by atoms with Gasteiger partial charge in [-0.1, -0.05) is 11.6 Å². The summed E-state index contributed by atoms with van der Waals surface area (Å²) in [6.07, 6.45) is 3.60. The van der Waals surface area contributed by atoms with E-state index >= 15 is 0 Å². The molecule has 0 aliphatic rings. The van der Waals surface area contributed by atoms with Gasteiger partial charge in [-0.15, -0.1) is 11.3 Å². The third-order valence-electron chi connectivity index (χ3n) is 2.17. The van der Waals surface area contributed by atoms with Crippen LogP contribution in [0.25, 0.3) is 0 Å². The van der Waals surface area contributed by atoms with Crippen molar-refractivity contribution in [1.29, 1.82) is 0 Å². The zero-order valence-corrected chi connectivity index (χ0v) is 9.92. The minimum Gasteiger partial charge on any atom is -0.328 e. The number of aromatic nitrogens is 2. The van der Waals surface area contributed by atoms with E-state index in [4.69, 9.17) is 17.3 Å². The second-order valence-electron chi connectivity index (χ2n) is 3.44. The molecule has 0 saturated heterocycles. The molecular formula is C10H12ClN3S. The lowest BCUT2D eigenvalue weighted by atomic mass is 10.2. The van der Waals surface area contributed by atoms with E-state index in [1.807, 2.05) is 23.6 Å². The maximum Gasteiger partial charge on any atom is 0.0952 e. The Hall–Kier alpha value is -0.840. The molecule has 80 valence electrons. The highest BCUT2D eigenvalue weighted by Gasteiger charge is 2.07. The predicted octanol–water partition coefficient (Wildman–Crippen LogP) is 2.67. The van der Waals surface area contributed by atoms with E-state index in [2.05, 4.69) is 4.98 Å². The molecule has 1 atom stereocenters. The van der Waals surface area contributed by atoms with E-state index in [9.17, 15) is 0 Å². The van der Waals surface area contributed by atoms with Crippen molar-refractivity contribution >= 4 is 22.9 Å². The molecule has 1 unspecified atom stereocenters. The Labute approximate surface area is 97.5 Å². The summed E-state index contributed by atoms with van der Waals surface area (Å²) in [5, 5.41) is 0. The number of nitrogens with two attached hydrogens (primary N) is 1. The average Bonchev–Trinajstić information content (AvgIpc) is 2.75. The van der Waals surface area contributed by atoms with Gasteiger partial charge in [0, 0.05) is 17.1 Å². The standard InChI is InChI=1S/C10H12ClN3S/c1-7(12)9-4-13-6-14(9)5-8-2-3-10(11)15-8/h2-4,6-7H,5,12H2,1H3. The fraction of sp³-hybridized carbons (Fsp3) is 0.300. The van der Waals surface area contributed by atoms with Crippen LogP contribution in [-0.4, -0.2) is 9.55 Å². The molecule has 0 amide bonds. The number of thiophene rings is 1. The number of hydrogen-bond acceptors (Lipinski definition) is 3. The topological polar surface area (TPSA) is 43.8 Å². The first-order valence-corrected chi connectivity index (χ1v) is 5.86. The van der Waals surface area contributed by atoms with E-state index in [0.29, 0.717) is 0 Å². The molecule has 2 heterocycles. The summed E-state index contributed by atoms with van der Waals surface area (Å²) >= 11 is 7.45. The van der Waals surface area contributed by atoms with E-state index in [-0.39, 0.29) is 6.04 Å². The predicted molar refractivity (Wildman–Crippen MR) is 63.3 cm³/mol.